The van der Waals surface area contributed by atoms with Crippen molar-refractivity contribution in [3.63, 3.8) is 0 Å². The molecule has 0 aromatic carbocycles. The highest BCUT2D eigenvalue weighted by Gasteiger charge is 2.56. The van der Waals surface area contributed by atoms with E-state index in [1.54, 1.807) is 0 Å². The van der Waals surface area contributed by atoms with Crippen molar-refractivity contribution in [1.29, 1.82) is 0 Å². The summed E-state index contributed by atoms with van der Waals surface area (Å²) in [5, 5.41) is 0. The molecule has 2 heterocycles. The quantitative estimate of drug-likeness (QED) is 0.498. The van der Waals surface area contributed by atoms with Gasteiger partial charge in [0, 0.05) is 18.3 Å². The van der Waals surface area contributed by atoms with Crippen molar-refractivity contribution in [3.05, 3.63) is 0 Å². The van der Waals surface area contributed by atoms with E-state index in [-0.39, 0.29) is 29.8 Å². The summed E-state index contributed by atoms with van der Waals surface area (Å²) >= 11 is 0. The Labute approximate surface area is 118 Å². The lowest BCUT2D eigenvalue weighted by Crippen LogP contribution is -2.42. The number of carbonyl (C=O) groups is 3. The van der Waals surface area contributed by atoms with E-state index < -0.39 is 17.9 Å². The number of carbonyl (C=O) groups excluding carboxylic acids is 3. The van der Waals surface area contributed by atoms with E-state index in [1.807, 2.05) is 6.92 Å². The summed E-state index contributed by atoms with van der Waals surface area (Å²) in [7, 11) is 0. The largest absolute Gasteiger partial charge is 0.462 e. The van der Waals surface area contributed by atoms with Crippen molar-refractivity contribution < 1.29 is 23.9 Å². The molecule has 3 rings (SSSR count). The van der Waals surface area contributed by atoms with Crippen LogP contribution < -0.4 is 0 Å². The molecule has 0 N–H and O–H groups in total. The van der Waals surface area contributed by atoms with Crippen molar-refractivity contribution in [1.82, 2.24) is 0 Å². The Kier molecular flexibility index (Phi) is 3.52. The smallest absolute Gasteiger partial charge is 0.321 e. The molecule has 20 heavy (non-hydrogen) atoms. The van der Waals surface area contributed by atoms with E-state index in [1.165, 1.54) is 0 Å². The maximum atomic E-state index is 12.2. The van der Waals surface area contributed by atoms with Gasteiger partial charge in [0.25, 0.3) is 0 Å². The van der Waals surface area contributed by atoms with Gasteiger partial charge in [-0.1, -0.05) is 6.42 Å². The highest BCUT2D eigenvalue weighted by molar-refractivity contribution is 5.98. The molecule has 0 aromatic heterocycles. The van der Waals surface area contributed by atoms with Crippen LogP contribution in [0.1, 0.15) is 45.4 Å². The second kappa shape index (κ2) is 5.19. The third-order valence-electron chi connectivity index (χ3n) is 4.84. The van der Waals surface area contributed by atoms with Gasteiger partial charge in [0.1, 0.15) is 11.9 Å². The Morgan fingerprint density at radius 3 is 2.45 bits per heavy atom. The van der Waals surface area contributed by atoms with E-state index in [4.69, 9.17) is 9.47 Å². The maximum absolute atomic E-state index is 12.2. The average molecular weight is 280 g/mol. The van der Waals surface area contributed by atoms with Crippen LogP contribution >= 0.6 is 0 Å². The molecule has 2 saturated heterocycles. The molecule has 3 aliphatic rings. The number of ketones is 1. The first-order chi connectivity index (χ1) is 9.58. The Hall–Kier alpha value is -1.39. The molecule has 5 atom stereocenters. The highest BCUT2D eigenvalue weighted by Crippen LogP contribution is 2.44. The van der Waals surface area contributed by atoms with Crippen molar-refractivity contribution in [2.45, 2.75) is 57.7 Å². The molecule has 5 heteroatoms. The fourth-order valence-electron chi connectivity index (χ4n) is 3.83. The summed E-state index contributed by atoms with van der Waals surface area (Å²) in [6, 6.07) is 0. The zero-order valence-corrected chi connectivity index (χ0v) is 11.7. The van der Waals surface area contributed by atoms with Crippen molar-refractivity contribution >= 4 is 17.7 Å². The molecule has 0 bridgehead atoms. The number of esters is 2. The second-order valence-corrected chi connectivity index (χ2v) is 6.17. The molecule has 0 spiro atoms. The number of hydrogen-bond acceptors (Lipinski definition) is 5. The fourth-order valence-corrected chi connectivity index (χ4v) is 3.83. The predicted molar refractivity (Wildman–Crippen MR) is 68.6 cm³/mol. The third-order valence-corrected chi connectivity index (χ3v) is 4.84. The Morgan fingerprint density at radius 2 is 1.65 bits per heavy atom. The molecule has 1 aliphatic carbocycles. The van der Waals surface area contributed by atoms with Gasteiger partial charge in [-0.25, -0.2) is 0 Å². The number of cyclic esters (lactones) is 1. The van der Waals surface area contributed by atoms with Gasteiger partial charge >= 0.3 is 11.9 Å². The number of rotatable bonds is 0. The minimum atomic E-state index is -0.894. The maximum Gasteiger partial charge on any atom is 0.321 e. The average Bonchev–Trinajstić information content (AvgIpc) is 2.72. The molecule has 0 amide bonds. The van der Waals surface area contributed by atoms with Crippen LogP contribution in [0.5, 0.6) is 0 Å². The Morgan fingerprint density at radius 1 is 0.950 bits per heavy atom. The standard InChI is InChI=1S/C15H20O5/c1-8-4-2-3-5-9-10(16)6-7-11-12(9)13(14(17)19-8)15(18)20-11/h8-9,11-13H,2-7H2,1H3/t8-,9-,11-,12+,13-/m0/s1. The van der Waals surface area contributed by atoms with Gasteiger partial charge in [-0.15, -0.1) is 0 Å². The number of hydrogen-bond donors (Lipinski definition) is 0. The summed E-state index contributed by atoms with van der Waals surface area (Å²) in [4.78, 5) is 36.4. The van der Waals surface area contributed by atoms with Gasteiger partial charge in [-0.05, 0) is 32.6 Å². The first-order valence-corrected chi connectivity index (χ1v) is 7.51. The first kappa shape index (κ1) is 13.6. The molecule has 5 nitrogen and oxygen atoms in total. The van der Waals surface area contributed by atoms with Crippen LogP contribution in [0.15, 0.2) is 0 Å². The van der Waals surface area contributed by atoms with Crippen molar-refractivity contribution in [2.75, 3.05) is 0 Å². The van der Waals surface area contributed by atoms with E-state index in [0.717, 1.165) is 25.7 Å². The summed E-state index contributed by atoms with van der Waals surface area (Å²) in [6.07, 6.45) is 3.96. The molecule has 3 fully saturated rings. The van der Waals surface area contributed by atoms with Gasteiger partial charge in [-0.3, -0.25) is 14.4 Å². The molecule has 0 radical (unpaired) electrons. The Bertz CT molecular complexity index is 444. The van der Waals surface area contributed by atoms with Gasteiger partial charge in [0.2, 0.25) is 0 Å². The predicted octanol–water partition coefficient (Wildman–Crippen LogP) is 1.63. The molecular weight excluding hydrogens is 260 g/mol. The van der Waals surface area contributed by atoms with E-state index >= 15 is 0 Å². The van der Waals surface area contributed by atoms with E-state index in [0.29, 0.717) is 12.8 Å². The third kappa shape index (κ3) is 2.23. The van der Waals surface area contributed by atoms with E-state index in [2.05, 4.69) is 0 Å². The lowest BCUT2D eigenvalue weighted by Gasteiger charge is -2.33. The lowest BCUT2D eigenvalue weighted by molar-refractivity contribution is -0.161. The molecular formula is C15H20O5. The van der Waals surface area contributed by atoms with Crippen molar-refractivity contribution in [3.8, 4) is 0 Å². The summed E-state index contributed by atoms with van der Waals surface area (Å²) in [5.74, 6) is -2.24. The van der Waals surface area contributed by atoms with Crippen LogP contribution in [0.3, 0.4) is 0 Å². The zero-order chi connectivity index (χ0) is 14.3. The number of ether oxygens (including phenoxy) is 2. The second-order valence-electron chi connectivity index (χ2n) is 6.17. The minimum absolute atomic E-state index is 0.176. The van der Waals surface area contributed by atoms with Gasteiger partial charge < -0.3 is 9.47 Å². The highest BCUT2D eigenvalue weighted by atomic mass is 16.6. The number of Topliss-reactive ketones (excluding diaryl/α,β-unsaturated/α-hetero) is 1. The fraction of sp³-hybridized carbons (Fsp3) is 0.800. The van der Waals surface area contributed by atoms with Crippen LogP contribution in [0.2, 0.25) is 0 Å². The SMILES string of the molecule is C[C@H]1CCCC[C@H]2C(=O)CC[C@@H]3OC(=O)[C@H](C(=O)O1)[C@@H]32. The van der Waals surface area contributed by atoms with Gasteiger partial charge in [-0.2, -0.15) is 0 Å². The first-order valence-electron chi connectivity index (χ1n) is 7.51. The zero-order valence-electron chi connectivity index (χ0n) is 11.7. The molecule has 110 valence electrons. The summed E-state index contributed by atoms with van der Waals surface area (Å²) in [5.41, 5.74) is 0. The lowest BCUT2D eigenvalue weighted by atomic mass is 9.69. The van der Waals surface area contributed by atoms with Gasteiger partial charge in [0.15, 0.2) is 5.92 Å². The van der Waals surface area contributed by atoms with E-state index in [9.17, 15) is 14.4 Å². The van der Waals surface area contributed by atoms with Crippen LogP contribution in [0, 0.1) is 17.8 Å². The molecule has 1 saturated carbocycles. The van der Waals surface area contributed by atoms with Crippen molar-refractivity contribution in [2.24, 2.45) is 17.8 Å². The molecule has 0 aromatic rings. The topological polar surface area (TPSA) is 69.7 Å². The molecule has 0 unspecified atom stereocenters. The minimum Gasteiger partial charge on any atom is -0.462 e. The van der Waals surface area contributed by atoms with Gasteiger partial charge in [0.05, 0.1) is 6.10 Å². The monoisotopic (exact) mass is 280 g/mol. The van der Waals surface area contributed by atoms with Crippen LogP contribution in [-0.2, 0) is 23.9 Å². The summed E-state index contributed by atoms with van der Waals surface area (Å²) < 4.78 is 10.7. The van der Waals surface area contributed by atoms with Crippen LogP contribution in [-0.4, -0.2) is 29.9 Å². The molecule has 2 aliphatic heterocycles. The van der Waals surface area contributed by atoms with Crippen LogP contribution in [0.25, 0.3) is 0 Å². The normalized spacial score (nSPS) is 41.6. The summed E-state index contributed by atoms with van der Waals surface area (Å²) in [6.45, 7) is 1.85. The Balaban J connectivity index is 1.92. The van der Waals surface area contributed by atoms with Crippen LogP contribution in [0.4, 0.5) is 0 Å².